The van der Waals surface area contributed by atoms with Crippen molar-refractivity contribution in [1.82, 2.24) is 30.2 Å². The molecule has 10 aromatic rings. The van der Waals surface area contributed by atoms with Gasteiger partial charge in [-0.15, -0.1) is 12.4 Å². The number of amides is 2. The van der Waals surface area contributed by atoms with E-state index in [2.05, 4.69) is 123 Å². The number of benzene rings is 8. The highest BCUT2D eigenvalue weighted by molar-refractivity contribution is 6.04. The monoisotopic (exact) mass is 1120 g/mol. The van der Waals surface area contributed by atoms with E-state index in [9.17, 15) is 9.59 Å². The molecule has 12 heteroatoms. The van der Waals surface area contributed by atoms with E-state index < -0.39 is 0 Å². The second kappa shape index (κ2) is 30.9. The molecule has 2 unspecified atom stereocenters. The predicted molar refractivity (Wildman–Crippen MR) is 341 cm³/mol. The summed E-state index contributed by atoms with van der Waals surface area (Å²) in [5, 5.41) is 22.8. The van der Waals surface area contributed by atoms with Crippen LogP contribution in [-0.2, 0) is 13.0 Å². The van der Waals surface area contributed by atoms with Crippen molar-refractivity contribution in [2.24, 2.45) is 17.6 Å². The summed E-state index contributed by atoms with van der Waals surface area (Å²) in [5.41, 5.74) is 18.5. The summed E-state index contributed by atoms with van der Waals surface area (Å²) in [6.45, 7) is 8.35. The lowest BCUT2D eigenvalue weighted by Crippen LogP contribution is -2.25. The third kappa shape index (κ3) is 18.1. The summed E-state index contributed by atoms with van der Waals surface area (Å²) >= 11 is 0. The van der Waals surface area contributed by atoms with Crippen molar-refractivity contribution in [3.8, 4) is 11.4 Å². The van der Waals surface area contributed by atoms with Gasteiger partial charge in [-0.3, -0.25) is 9.59 Å². The van der Waals surface area contributed by atoms with Crippen LogP contribution in [0.5, 0.6) is 0 Å². The molecule has 2 atom stereocenters. The van der Waals surface area contributed by atoms with E-state index in [1.165, 1.54) is 42.4 Å². The van der Waals surface area contributed by atoms with Crippen molar-refractivity contribution >= 4 is 35.6 Å². The van der Waals surface area contributed by atoms with Gasteiger partial charge in [0, 0.05) is 17.9 Å². The highest BCUT2D eigenvalue weighted by Gasteiger charge is 2.26. The Bertz CT molecular complexity index is 3280. The van der Waals surface area contributed by atoms with Crippen molar-refractivity contribution in [2.45, 2.75) is 71.5 Å². The molecular formula is C71H76ClN9O2. The lowest BCUT2D eigenvalue weighted by molar-refractivity contribution is 0.101. The normalized spacial score (nSPS) is 13.0. The molecular weight excluding hydrogens is 1050 g/mol. The van der Waals surface area contributed by atoms with Gasteiger partial charge in [-0.25, -0.2) is 9.36 Å². The number of rotatable bonds is 18. The molecule has 0 spiro atoms. The maximum Gasteiger partial charge on any atom is 0.274 e. The first-order valence-corrected chi connectivity index (χ1v) is 28.6. The van der Waals surface area contributed by atoms with E-state index in [4.69, 9.17) is 5.73 Å². The SMILES string of the molecule is CCc1cccc(-n2nc(C)cc2C(=O)Nc2cccc(C(NCC3CC3)c3ccccc3)c2)c1.Cc1cc(C(=O)Nc2cccc(C(NCC3CC3)c3ccccc3)c2)n(-c2cccc(CN)c2)n1.Cl.c1ccccc1.c1ccccc1. The molecule has 2 fully saturated rings. The Morgan fingerprint density at radius 2 is 0.807 bits per heavy atom. The minimum absolute atomic E-state index is 0. The number of aromatic nitrogens is 4. The van der Waals surface area contributed by atoms with Crippen LogP contribution in [0.3, 0.4) is 0 Å². The van der Waals surface area contributed by atoms with Crippen molar-refractivity contribution in [2.75, 3.05) is 23.7 Å². The number of hydrogen-bond donors (Lipinski definition) is 5. The van der Waals surface area contributed by atoms with E-state index in [0.29, 0.717) is 17.9 Å². The second-order valence-electron chi connectivity index (χ2n) is 20.9. The van der Waals surface area contributed by atoms with Crippen LogP contribution >= 0.6 is 12.4 Å². The van der Waals surface area contributed by atoms with Gasteiger partial charge in [-0.1, -0.05) is 189 Å². The minimum Gasteiger partial charge on any atom is -0.326 e. The van der Waals surface area contributed by atoms with Crippen LogP contribution < -0.4 is 27.0 Å². The van der Waals surface area contributed by atoms with Gasteiger partial charge in [0.2, 0.25) is 0 Å². The number of carbonyl (C=O) groups is 2. The van der Waals surface area contributed by atoms with Gasteiger partial charge in [0.1, 0.15) is 11.4 Å². The molecule has 2 amide bonds. The number of nitrogens with two attached hydrogens (primary N) is 1. The van der Waals surface area contributed by atoms with E-state index in [1.54, 1.807) is 15.4 Å². The summed E-state index contributed by atoms with van der Waals surface area (Å²) < 4.78 is 3.41. The molecule has 11 nitrogen and oxygen atoms in total. The average molecular weight is 1120 g/mol. The van der Waals surface area contributed by atoms with Crippen LogP contribution in [0.1, 0.15) is 110 Å². The molecule has 2 aliphatic carbocycles. The summed E-state index contributed by atoms with van der Waals surface area (Å²) in [4.78, 5) is 26.7. The molecule has 6 N–H and O–H groups in total. The van der Waals surface area contributed by atoms with E-state index in [-0.39, 0.29) is 36.3 Å². The van der Waals surface area contributed by atoms with Gasteiger partial charge in [-0.2, -0.15) is 10.2 Å². The van der Waals surface area contributed by atoms with Gasteiger partial charge in [0.05, 0.1) is 34.8 Å². The lowest BCUT2D eigenvalue weighted by atomic mass is 9.98. The standard InChI is InChI=1S/C30H32N4O.C29H31N5O.2C6H6.ClH/c1-3-22-9-7-14-27(18-22)34-28(17-21(2)33-34)30(35)32-26-13-8-12-25(19-26)29(31-20-23-15-16-23)24-10-5-4-6-11-24;1-20-15-27(34(33-20)26-12-5-7-22(16-26)18-30)29(35)32-25-11-6-10-24(17-25)28(31-19-21-13-14-21)23-8-3-2-4-9-23;2*1-2-4-6-5-3-1;/h4-14,17-19,23,29,31H,3,15-16,20H2,1-2H3,(H,32,35);2-12,15-17,21,28,31H,13-14,18-19,30H2,1H3,(H,32,35);2*1-6H;1H. The topological polar surface area (TPSA) is 144 Å². The average Bonchev–Trinajstić information content (AvgIpc) is 4.68. The number of nitrogens with zero attached hydrogens (tertiary/aromatic N) is 4. The van der Waals surface area contributed by atoms with Crippen molar-refractivity contribution < 1.29 is 9.59 Å². The van der Waals surface area contributed by atoms with E-state index in [1.807, 2.05) is 166 Å². The number of hydrogen-bond acceptors (Lipinski definition) is 7. The predicted octanol–water partition coefficient (Wildman–Crippen LogP) is 14.9. The van der Waals surface area contributed by atoms with Crippen LogP contribution in [0.4, 0.5) is 11.4 Å². The van der Waals surface area contributed by atoms with Gasteiger partial charge in [0.25, 0.3) is 11.8 Å². The molecule has 83 heavy (non-hydrogen) atoms. The molecule has 0 radical (unpaired) electrons. The first-order chi connectivity index (χ1) is 40.2. The van der Waals surface area contributed by atoms with Crippen LogP contribution in [-0.4, -0.2) is 44.5 Å². The van der Waals surface area contributed by atoms with Gasteiger partial charge in [0.15, 0.2) is 0 Å². The zero-order chi connectivity index (χ0) is 56.9. The molecule has 12 rings (SSSR count). The first kappa shape index (κ1) is 60.4. The largest absolute Gasteiger partial charge is 0.326 e. The third-order valence-corrected chi connectivity index (χ3v) is 14.3. The van der Waals surface area contributed by atoms with Crippen LogP contribution in [0.15, 0.2) is 243 Å². The first-order valence-electron chi connectivity index (χ1n) is 28.6. The minimum atomic E-state index is -0.205. The molecule has 0 aliphatic heterocycles. The maximum atomic E-state index is 13.4. The molecule has 0 saturated heterocycles. The molecule has 0 bridgehead atoms. The van der Waals surface area contributed by atoms with Gasteiger partial charge < -0.3 is 27.0 Å². The summed E-state index contributed by atoms with van der Waals surface area (Å²) in [6, 6.07) is 80.9. The Labute approximate surface area is 495 Å². The summed E-state index contributed by atoms with van der Waals surface area (Å²) in [6.07, 6.45) is 6.13. The van der Waals surface area contributed by atoms with Gasteiger partial charge >= 0.3 is 0 Å². The fraction of sp³-hybridized carbons (Fsp3) is 0.211. The van der Waals surface area contributed by atoms with E-state index >= 15 is 0 Å². The quantitative estimate of drug-likeness (QED) is 0.0575. The summed E-state index contributed by atoms with van der Waals surface area (Å²) in [7, 11) is 0. The Balaban J connectivity index is 0.000000178. The number of anilines is 2. The molecule has 2 heterocycles. The number of nitrogens with one attached hydrogen (secondary N) is 4. The number of carbonyl (C=O) groups excluding carboxylic acids is 2. The number of halogens is 1. The Morgan fingerprint density at radius 1 is 0.458 bits per heavy atom. The smallest absolute Gasteiger partial charge is 0.274 e. The molecule has 2 saturated carbocycles. The van der Waals surface area contributed by atoms with Crippen molar-refractivity contribution in [1.29, 1.82) is 0 Å². The van der Waals surface area contributed by atoms with Gasteiger partial charge in [-0.05, 0) is 165 Å². The Morgan fingerprint density at radius 3 is 1.18 bits per heavy atom. The van der Waals surface area contributed by atoms with Crippen molar-refractivity contribution in [3.63, 3.8) is 0 Å². The lowest BCUT2D eigenvalue weighted by Gasteiger charge is -2.21. The Hall–Kier alpha value is -8.71. The number of aryl methyl sites for hydroxylation is 3. The third-order valence-electron chi connectivity index (χ3n) is 14.3. The molecule has 8 aromatic carbocycles. The van der Waals surface area contributed by atoms with E-state index in [0.717, 1.165) is 82.2 Å². The zero-order valence-electron chi connectivity index (χ0n) is 47.7. The van der Waals surface area contributed by atoms with Crippen LogP contribution in [0.25, 0.3) is 11.4 Å². The summed E-state index contributed by atoms with van der Waals surface area (Å²) in [5.74, 6) is 1.17. The van der Waals surface area contributed by atoms with Crippen LogP contribution in [0, 0.1) is 25.7 Å². The fourth-order valence-electron chi connectivity index (χ4n) is 9.55. The maximum absolute atomic E-state index is 13.4. The molecule has 424 valence electrons. The highest BCUT2D eigenvalue weighted by Crippen LogP contribution is 2.33. The molecule has 2 aliphatic rings. The Kier molecular flexibility index (Phi) is 22.5. The second-order valence-corrected chi connectivity index (χ2v) is 20.9. The fourth-order valence-corrected chi connectivity index (χ4v) is 9.55. The zero-order valence-corrected chi connectivity index (χ0v) is 48.5. The highest BCUT2D eigenvalue weighted by atomic mass is 35.5. The van der Waals surface area contributed by atoms with Crippen LogP contribution in [0.2, 0.25) is 0 Å². The molecule has 2 aromatic heterocycles. The van der Waals surface area contributed by atoms with Crippen molar-refractivity contribution in [3.05, 3.63) is 299 Å².